The van der Waals surface area contributed by atoms with Gasteiger partial charge in [-0.2, -0.15) is 0 Å². The maximum Gasteiger partial charge on any atom is 0.266 e. The molecule has 198 valence electrons. The highest BCUT2D eigenvalue weighted by Gasteiger charge is 2.47. The Morgan fingerprint density at radius 3 is 2.79 bits per heavy atom. The number of pyridine rings is 1. The molecule has 0 radical (unpaired) electrons. The second-order valence-corrected chi connectivity index (χ2v) is 9.16. The molecule has 1 aliphatic heterocycles. The van der Waals surface area contributed by atoms with E-state index >= 15 is 0 Å². The number of benzene rings is 1. The van der Waals surface area contributed by atoms with Gasteiger partial charge in [0.2, 0.25) is 0 Å². The summed E-state index contributed by atoms with van der Waals surface area (Å²) in [6.07, 6.45) is -1.16. The first-order valence-corrected chi connectivity index (χ1v) is 12.0. The van der Waals surface area contributed by atoms with Gasteiger partial charge in [0.05, 0.1) is 11.3 Å². The summed E-state index contributed by atoms with van der Waals surface area (Å²) in [6, 6.07) is 6.42. The molecule has 3 aromatic heterocycles. The zero-order chi connectivity index (χ0) is 27.0. The number of aliphatic hydroxyl groups is 2. The number of aryl methyl sites for hydroxylation is 1. The molecule has 4 aromatic rings. The summed E-state index contributed by atoms with van der Waals surface area (Å²) in [5.74, 6) is -0.532. The smallest absolute Gasteiger partial charge is 0.266 e. The van der Waals surface area contributed by atoms with Crippen molar-refractivity contribution in [1.29, 1.82) is 0 Å². The molecule has 0 spiro atoms. The number of ether oxygens (including phenoxy) is 1. The second kappa shape index (κ2) is 10.6. The Kier molecular flexibility index (Phi) is 7.19. The summed E-state index contributed by atoms with van der Waals surface area (Å²) in [5.41, 5.74) is 7.15. The third-order valence-electron chi connectivity index (χ3n) is 6.05. The van der Waals surface area contributed by atoms with E-state index in [4.69, 9.17) is 16.3 Å². The molecule has 12 nitrogen and oxygen atoms in total. The molecule has 14 heteroatoms. The molecule has 1 fully saturated rings. The van der Waals surface area contributed by atoms with Crippen LogP contribution in [0.1, 0.15) is 17.4 Å². The van der Waals surface area contributed by atoms with Gasteiger partial charge in [-0.15, -0.1) is 0 Å². The van der Waals surface area contributed by atoms with Crippen LogP contribution in [0.15, 0.2) is 43.0 Å². The fourth-order valence-electron chi connectivity index (χ4n) is 4.21. The van der Waals surface area contributed by atoms with Gasteiger partial charge in [-0.25, -0.2) is 24.8 Å². The van der Waals surface area contributed by atoms with Crippen LogP contribution in [0.5, 0.6) is 0 Å². The number of nitrogens with one attached hydrogen (secondary N) is 3. The molecule has 38 heavy (non-hydrogen) atoms. The summed E-state index contributed by atoms with van der Waals surface area (Å²) in [5, 5.41) is 24.7. The number of nitrogens with zero attached hydrogens (tertiary/aromatic N) is 5. The molecule has 5 N–H and O–H groups in total. The lowest BCUT2D eigenvalue weighted by Gasteiger charge is -2.17. The van der Waals surface area contributed by atoms with Crippen LogP contribution in [0, 0.1) is 12.7 Å². The van der Waals surface area contributed by atoms with Gasteiger partial charge in [0.25, 0.3) is 5.91 Å². The molecule has 0 aliphatic carbocycles. The number of aromatic nitrogens is 5. The van der Waals surface area contributed by atoms with E-state index < -0.39 is 30.4 Å². The van der Waals surface area contributed by atoms with Crippen molar-refractivity contribution >= 4 is 34.5 Å². The molecular weight excluding hydrogens is 519 g/mol. The van der Waals surface area contributed by atoms with Crippen LogP contribution in [0.3, 0.4) is 0 Å². The van der Waals surface area contributed by atoms with E-state index in [1.54, 1.807) is 18.2 Å². The summed E-state index contributed by atoms with van der Waals surface area (Å²) < 4.78 is 21.5. The van der Waals surface area contributed by atoms with Crippen LogP contribution in [0.25, 0.3) is 22.6 Å². The van der Waals surface area contributed by atoms with Crippen LogP contribution >= 0.6 is 11.6 Å². The zero-order valence-corrected chi connectivity index (χ0v) is 21.0. The fraction of sp³-hybridized carbons (Fsp3) is 0.292. The second-order valence-electron chi connectivity index (χ2n) is 8.73. The quantitative estimate of drug-likeness (QED) is 0.216. The molecule has 1 saturated heterocycles. The summed E-state index contributed by atoms with van der Waals surface area (Å²) in [7, 11) is 1.48. The zero-order valence-electron chi connectivity index (χ0n) is 20.3. The number of rotatable bonds is 7. The predicted molar refractivity (Wildman–Crippen MR) is 135 cm³/mol. The fourth-order valence-corrected chi connectivity index (χ4v) is 4.38. The van der Waals surface area contributed by atoms with Crippen LogP contribution in [-0.4, -0.2) is 66.0 Å². The minimum absolute atomic E-state index is 0.104. The van der Waals surface area contributed by atoms with Crippen LogP contribution in [0.4, 0.5) is 10.2 Å². The lowest BCUT2D eigenvalue weighted by atomic mass is 10.1. The summed E-state index contributed by atoms with van der Waals surface area (Å²) in [6.45, 7) is 1.97. The highest BCUT2D eigenvalue weighted by molar-refractivity contribution is 6.30. The van der Waals surface area contributed by atoms with Gasteiger partial charge >= 0.3 is 0 Å². The lowest BCUT2D eigenvalue weighted by molar-refractivity contribution is -0.138. The van der Waals surface area contributed by atoms with Gasteiger partial charge in [0.15, 0.2) is 35.1 Å². The highest BCUT2D eigenvalue weighted by atomic mass is 35.5. The van der Waals surface area contributed by atoms with E-state index in [-0.39, 0.29) is 29.7 Å². The number of halogens is 2. The topological polar surface area (TPSA) is 159 Å². The molecule has 0 saturated carbocycles. The molecule has 0 bridgehead atoms. The molecule has 0 unspecified atom stereocenters. The lowest BCUT2D eigenvalue weighted by Crippen LogP contribution is -2.46. The van der Waals surface area contributed by atoms with Crippen LogP contribution in [0.2, 0.25) is 5.02 Å². The van der Waals surface area contributed by atoms with E-state index in [9.17, 15) is 19.4 Å². The molecule has 4 heterocycles. The number of carbonyl (C=O) groups is 1. The molecule has 4 atom stereocenters. The van der Waals surface area contributed by atoms with Crippen molar-refractivity contribution in [3.8, 4) is 11.4 Å². The minimum Gasteiger partial charge on any atom is -0.387 e. The number of hydrazine groups is 1. The average Bonchev–Trinajstić information content (AvgIpc) is 3.45. The highest BCUT2D eigenvalue weighted by Crippen LogP contribution is 2.34. The normalized spacial score (nSPS) is 21.1. The number of imidazole rings is 1. The predicted octanol–water partition coefficient (Wildman–Crippen LogP) is 1.47. The number of anilines is 1. The first-order valence-electron chi connectivity index (χ1n) is 11.6. The van der Waals surface area contributed by atoms with E-state index in [0.717, 1.165) is 5.56 Å². The number of hydrogen-bond acceptors (Lipinski definition) is 10. The van der Waals surface area contributed by atoms with Crippen molar-refractivity contribution in [2.75, 3.05) is 12.4 Å². The van der Waals surface area contributed by atoms with E-state index in [1.165, 1.54) is 36.4 Å². The van der Waals surface area contributed by atoms with Gasteiger partial charge in [-0.1, -0.05) is 29.3 Å². The first-order chi connectivity index (χ1) is 18.3. The molecule has 1 amide bonds. The molecule has 1 aliphatic rings. The molecule has 5 rings (SSSR count). The van der Waals surface area contributed by atoms with Crippen molar-refractivity contribution in [3.63, 3.8) is 0 Å². The van der Waals surface area contributed by atoms with E-state index in [2.05, 4.69) is 36.1 Å². The Hall–Kier alpha value is -3.75. The maximum atomic E-state index is 14.4. The first kappa shape index (κ1) is 25.9. The number of aliphatic hydroxyl groups excluding tert-OH is 2. The van der Waals surface area contributed by atoms with E-state index in [1.807, 2.05) is 6.92 Å². The van der Waals surface area contributed by atoms with Crippen molar-refractivity contribution in [1.82, 2.24) is 35.4 Å². The van der Waals surface area contributed by atoms with Crippen molar-refractivity contribution in [3.05, 3.63) is 65.0 Å². The van der Waals surface area contributed by atoms with Crippen LogP contribution < -0.4 is 16.2 Å². The number of amides is 1. The number of fused-ring (bicyclic) bond motifs is 1. The third-order valence-corrected chi connectivity index (χ3v) is 6.26. The van der Waals surface area contributed by atoms with Crippen molar-refractivity contribution < 1.29 is 24.1 Å². The summed E-state index contributed by atoms with van der Waals surface area (Å²) in [4.78, 5) is 29.9. The number of carbonyl (C=O) groups excluding carboxylic acids is 1. The standard InChI is InChI=1S/C24H24ClFN8O4/c1-11-3-4-15(26)12(5-11)8-29-21-16-22(32-20(31-21)13-6-14(25)9-28-7-13)34(10-30-16)24-18(36)17(35)19(38-24)23(37)33-27-2/h3-7,9-10,17-19,24,27,35-36H,8H2,1-2H3,(H,33,37)(H,29,31,32)/t17-,18+,19-,24+/m0/s1. The minimum atomic E-state index is -1.51. The van der Waals surface area contributed by atoms with Gasteiger partial charge in [-0.05, 0) is 19.1 Å². The Morgan fingerprint density at radius 2 is 2.03 bits per heavy atom. The molecule has 1 aromatic carbocycles. The van der Waals surface area contributed by atoms with Gasteiger partial charge in [-0.3, -0.25) is 19.8 Å². The monoisotopic (exact) mass is 542 g/mol. The van der Waals surface area contributed by atoms with Crippen LogP contribution in [-0.2, 0) is 16.1 Å². The van der Waals surface area contributed by atoms with E-state index in [0.29, 0.717) is 21.7 Å². The number of hydrogen-bond donors (Lipinski definition) is 5. The van der Waals surface area contributed by atoms with Gasteiger partial charge in [0, 0.05) is 37.1 Å². The Bertz CT molecular complexity index is 1500. The molecular formula is C24H24ClFN8O4. The Balaban J connectivity index is 1.57. The average molecular weight is 543 g/mol. The van der Waals surface area contributed by atoms with Crippen molar-refractivity contribution in [2.24, 2.45) is 0 Å². The largest absolute Gasteiger partial charge is 0.387 e. The summed E-state index contributed by atoms with van der Waals surface area (Å²) >= 11 is 6.13. The van der Waals surface area contributed by atoms with Gasteiger partial charge < -0.3 is 20.3 Å². The Morgan fingerprint density at radius 1 is 1.21 bits per heavy atom. The third kappa shape index (κ3) is 4.89. The Labute approximate surface area is 220 Å². The SMILES string of the molecule is CNNC(=O)[C@H]1O[C@@H](n2cnc3c(NCc4cc(C)ccc4F)nc(-c4cncc(Cl)c4)nc32)[C@H](O)[C@@H]1O. The maximum absolute atomic E-state index is 14.4. The van der Waals surface area contributed by atoms with Gasteiger partial charge in [0.1, 0.15) is 18.0 Å². The van der Waals surface area contributed by atoms with Crippen molar-refractivity contribution in [2.45, 2.75) is 38.0 Å².